The molecule has 0 radical (unpaired) electrons. The van der Waals surface area contributed by atoms with Crippen LogP contribution in [0.3, 0.4) is 0 Å². The van der Waals surface area contributed by atoms with E-state index in [2.05, 4.69) is 4.90 Å². The number of phenols is 1. The van der Waals surface area contributed by atoms with Crippen LogP contribution in [0.5, 0.6) is 11.5 Å². The van der Waals surface area contributed by atoms with Gasteiger partial charge in [-0.05, 0) is 37.3 Å². The predicted octanol–water partition coefficient (Wildman–Crippen LogP) is 3.11. The molecule has 6 heteroatoms. The van der Waals surface area contributed by atoms with Crippen molar-refractivity contribution in [1.29, 1.82) is 0 Å². The first-order valence-corrected chi connectivity index (χ1v) is 8.72. The number of carbonyl (C=O) groups excluding carboxylic acids is 1. The van der Waals surface area contributed by atoms with Crippen LogP contribution in [0.4, 0.5) is 0 Å². The van der Waals surface area contributed by atoms with Gasteiger partial charge < -0.3 is 19.0 Å². The predicted molar refractivity (Wildman–Crippen MR) is 97.4 cm³/mol. The van der Waals surface area contributed by atoms with Crippen molar-refractivity contribution in [1.82, 2.24) is 4.90 Å². The van der Waals surface area contributed by atoms with E-state index < -0.39 is 0 Å². The zero-order valence-corrected chi connectivity index (χ0v) is 14.8. The largest absolute Gasteiger partial charge is 0.507 e. The molecule has 1 aliphatic heterocycles. The van der Waals surface area contributed by atoms with Crippen molar-refractivity contribution in [3.8, 4) is 11.5 Å². The molecule has 0 amide bonds. The lowest BCUT2D eigenvalue weighted by atomic mass is 10.0. The molecule has 0 unspecified atom stereocenters. The number of allylic oxidation sites excluding steroid dienone is 1. The number of ketones is 1. The fourth-order valence-corrected chi connectivity index (χ4v) is 2.86. The summed E-state index contributed by atoms with van der Waals surface area (Å²) in [5.41, 5.74) is 1.13. The molecule has 1 saturated heterocycles. The summed E-state index contributed by atoms with van der Waals surface area (Å²) in [5.74, 6) is 0.804. The number of carbonyl (C=O) groups is 1. The number of aromatic hydroxyl groups is 1. The molecule has 0 atom stereocenters. The summed E-state index contributed by atoms with van der Waals surface area (Å²) in [4.78, 5) is 14.8. The summed E-state index contributed by atoms with van der Waals surface area (Å²) in [5, 5.41) is 10.3. The fourth-order valence-electron chi connectivity index (χ4n) is 2.86. The van der Waals surface area contributed by atoms with Crippen molar-refractivity contribution in [2.75, 3.05) is 32.9 Å². The number of nitrogens with zero attached hydrogens (tertiary/aromatic N) is 1. The van der Waals surface area contributed by atoms with E-state index in [0.29, 0.717) is 37.9 Å². The maximum Gasteiger partial charge on any atom is 0.189 e. The van der Waals surface area contributed by atoms with E-state index in [1.807, 2.05) is 6.92 Å². The minimum atomic E-state index is -0.287. The smallest absolute Gasteiger partial charge is 0.189 e. The van der Waals surface area contributed by atoms with Crippen molar-refractivity contribution >= 4 is 11.9 Å². The summed E-state index contributed by atoms with van der Waals surface area (Å²) < 4.78 is 16.2. The molecular formula is C20H23NO5. The highest BCUT2D eigenvalue weighted by Crippen LogP contribution is 2.30. The summed E-state index contributed by atoms with van der Waals surface area (Å²) in [6.45, 7) is 6.06. The maximum absolute atomic E-state index is 12.5. The molecular weight excluding hydrogens is 334 g/mol. The second kappa shape index (κ2) is 8.69. The van der Waals surface area contributed by atoms with Gasteiger partial charge in [-0.3, -0.25) is 9.69 Å². The highest BCUT2D eigenvalue weighted by Gasteiger charge is 2.18. The normalized spacial score (nSPS) is 15.4. The van der Waals surface area contributed by atoms with Crippen molar-refractivity contribution in [3.63, 3.8) is 0 Å². The average Bonchev–Trinajstić information content (AvgIpc) is 3.16. The Kier molecular flexibility index (Phi) is 6.09. The van der Waals surface area contributed by atoms with Crippen molar-refractivity contribution < 1.29 is 23.8 Å². The molecule has 0 spiro atoms. The van der Waals surface area contributed by atoms with Crippen LogP contribution in [0.25, 0.3) is 6.08 Å². The fraction of sp³-hybridized carbons (Fsp3) is 0.350. The zero-order chi connectivity index (χ0) is 18.4. The van der Waals surface area contributed by atoms with E-state index in [1.165, 1.54) is 12.1 Å². The number of rotatable bonds is 7. The number of benzene rings is 1. The van der Waals surface area contributed by atoms with Crippen LogP contribution in [0.1, 0.15) is 28.6 Å². The van der Waals surface area contributed by atoms with Crippen LogP contribution >= 0.6 is 0 Å². The molecule has 3 rings (SSSR count). The molecule has 26 heavy (non-hydrogen) atoms. The molecule has 2 heterocycles. The van der Waals surface area contributed by atoms with E-state index in [1.54, 1.807) is 30.5 Å². The van der Waals surface area contributed by atoms with Gasteiger partial charge in [0.1, 0.15) is 17.3 Å². The number of hydrogen-bond acceptors (Lipinski definition) is 6. The molecule has 1 aliphatic rings. The van der Waals surface area contributed by atoms with Crippen LogP contribution < -0.4 is 4.74 Å². The van der Waals surface area contributed by atoms with Crippen LogP contribution in [0.2, 0.25) is 0 Å². The van der Waals surface area contributed by atoms with Crippen LogP contribution in [-0.4, -0.2) is 48.7 Å². The Hall–Kier alpha value is -2.57. The summed E-state index contributed by atoms with van der Waals surface area (Å²) in [6, 6.07) is 6.74. The van der Waals surface area contributed by atoms with Crippen LogP contribution in [-0.2, 0) is 11.3 Å². The van der Waals surface area contributed by atoms with Gasteiger partial charge in [-0.1, -0.05) is 0 Å². The quantitative estimate of drug-likeness (QED) is 0.606. The van der Waals surface area contributed by atoms with E-state index >= 15 is 0 Å². The lowest BCUT2D eigenvalue weighted by molar-refractivity contribution is 0.0338. The Morgan fingerprint density at radius 3 is 2.85 bits per heavy atom. The molecule has 0 saturated carbocycles. The average molecular weight is 357 g/mol. The van der Waals surface area contributed by atoms with Gasteiger partial charge in [-0.25, -0.2) is 0 Å². The summed E-state index contributed by atoms with van der Waals surface area (Å²) >= 11 is 0. The van der Waals surface area contributed by atoms with Crippen LogP contribution in [0, 0.1) is 0 Å². The lowest BCUT2D eigenvalue weighted by Crippen LogP contribution is -2.35. The Labute approximate surface area is 152 Å². The first kappa shape index (κ1) is 18.2. The molecule has 0 aliphatic carbocycles. The highest BCUT2D eigenvalue weighted by molar-refractivity contribution is 6.08. The third-order valence-corrected chi connectivity index (χ3v) is 4.18. The number of phenolic OH excluding ortho intramolecular Hbond substituents is 1. The maximum atomic E-state index is 12.5. The second-order valence-electron chi connectivity index (χ2n) is 6.01. The lowest BCUT2D eigenvalue weighted by Gasteiger charge is -2.27. The van der Waals surface area contributed by atoms with E-state index in [4.69, 9.17) is 13.9 Å². The first-order valence-electron chi connectivity index (χ1n) is 8.72. The number of ether oxygens (including phenoxy) is 2. The second-order valence-corrected chi connectivity index (χ2v) is 6.01. The minimum absolute atomic E-state index is 0.0896. The SMILES string of the molecule is CCOc1cc(O)c(C(=O)/C=C/c2ccco2)cc1CN1CCOCC1. The topological polar surface area (TPSA) is 72.1 Å². The van der Waals surface area contributed by atoms with E-state index in [-0.39, 0.29) is 17.1 Å². The Morgan fingerprint density at radius 2 is 2.15 bits per heavy atom. The standard InChI is InChI=1S/C20H23NO5/c1-2-25-20-13-19(23)17(18(22)6-5-16-4-3-9-26-16)12-15(20)14-21-7-10-24-11-8-21/h3-6,9,12-13,23H,2,7-8,10-11,14H2,1H3/b6-5+. The summed E-state index contributed by atoms with van der Waals surface area (Å²) in [6.07, 6.45) is 4.52. The molecule has 138 valence electrons. The minimum Gasteiger partial charge on any atom is -0.507 e. The molecule has 1 aromatic carbocycles. The van der Waals surface area contributed by atoms with Gasteiger partial charge in [0, 0.05) is 31.3 Å². The molecule has 6 nitrogen and oxygen atoms in total. The molecule has 2 aromatic rings. The first-order chi connectivity index (χ1) is 12.7. The Bertz CT molecular complexity index is 761. The van der Waals surface area contributed by atoms with Gasteiger partial charge in [0.2, 0.25) is 0 Å². The van der Waals surface area contributed by atoms with Gasteiger partial charge in [0.15, 0.2) is 5.78 Å². The van der Waals surface area contributed by atoms with Crippen LogP contribution in [0.15, 0.2) is 41.0 Å². The Morgan fingerprint density at radius 1 is 1.35 bits per heavy atom. The number of morpholine rings is 1. The van der Waals surface area contributed by atoms with Gasteiger partial charge in [-0.15, -0.1) is 0 Å². The summed E-state index contributed by atoms with van der Waals surface area (Å²) in [7, 11) is 0. The van der Waals surface area contributed by atoms with Crippen molar-refractivity contribution in [2.45, 2.75) is 13.5 Å². The third-order valence-electron chi connectivity index (χ3n) is 4.18. The van der Waals surface area contributed by atoms with Crippen molar-refractivity contribution in [2.24, 2.45) is 0 Å². The van der Waals surface area contributed by atoms with E-state index in [0.717, 1.165) is 18.7 Å². The zero-order valence-electron chi connectivity index (χ0n) is 14.8. The van der Waals surface area contributed by atoms with E-state index in [9.17, 15) is 9.90 Å². The van der Waals surface area contributed by atoms with Crippen molar-refractivity contribution in [3.05, 3.63) is 53.5 Å². The molecule has 1 aromatic heterocycles. The Balaban J connectivity index is 1.84. The van der Waals surface area contributed by atoms with Gasteiger partial charge in [0.25, 0.3) is 0 Å². The number of furan rings is 1. The number of hydrogen-bond donors (Lipinski definition) is 1. The third kappa shape index (κ3) is 4.53. The van der Waals surface area contributed by atoms with Gasteiger partial charge in [-0.2, -0.15) is 0 Å². The monoisotopic (exact) mass is 357 g/mol. The molecule has 1 N–H and O–H groups in total. The highest BCUT2D eigenvalue weighted by atomic mass is 16.5. The van der Waals surface area contributed by atoms with Gasteiger partial charge in [0.05, 0.1) is 31.6 Å². The van der Waals surface area contributed by atoms with Gasteiger partial charge >= 0.3 is 0 Å². The molecule has 1 fully saturated rings. The molecule has 0 bridgehead atoms.